The van der Waals surface area contributed by atoms with Gasteiger partial charge in [0.05, 0.1) is 5.41 Å². The topological polar surface area (TPSA) is 20.3 Å². The standard InChI is InChI=1S/C14H31NOSSi2/c1-8-14(13(16)17)11-9-10-12(14)15(18(2,3)4)19(5,6)7/h12H,8-11H2,1-7H3,(H,16,17). The summed E-state index contributed by atoms with van der Waals surface area (Å²) >= 11 is 4.27. The van der Waals surface area contributed by atoms with Gasteiger partial charge in [-0.25, -0.2) is 0 Å². The maximum atomic E-state index is 12.2. The van der Waals surface area contributed by atoms with E-state index in [2.05, 4.69) is 63.1 Å². The van der Waals surface area contributed by atoms with E-state index in [1.807, 2.05) is 0 Å². The Morgan fingerprint density at radius 2 is 1.68 bits per heavy atom. The number of rotatable bonds is 5. The molecule has 5 heteroatoms. The summed E-state index contributed by atoms with van der Waals surface area (Å²) in [5.74, 6) is 0. The van der Waals surface area contributed by atoms with Gasteiger partial charge in [0.15, 0.2) is 5.12 Å². The summed E-state index contributed by atoms with van der Waals surface area (Å²) in [5, 5.41) is 0.124. The van der Waals surface area contributed by atoms with Crippen molar-refractivity contribution in [1.82, 2.24) is 4.23 Å². The quantitative estimate of drug-likeness (QED) is 0.600. The fourth-order valence-electron chi connectivity index (χ4n) is 4.18. The largest absolute Gasteiger partial charge is 0.342 e. The van der Waals surface area contributed by atoms with Crippen molar-refractivity contribution in [3.8, 4) is 0 Å². The first-order valence-corrected chi connectivity index (χ1v) is 14.8. The Bertz CT molecular complexity index is 334. The van der Waals surface area contributed by atoms with E-state index in [0.29, 0.717) is 6.04 Å². The van der Waals surface area contributed by atoms with E-state index in [-0.39, 0.29) is 10.5 Å². The van der Waals surface area contributed by atoms with Crippen LogP contribution in [-0.2, 0) is 4.79 Å². The van der Waals surface area contributed by atoms with Crippen molar-refractivity contribution in [2.75, 3.05) is 0 Å². The van der Waals surface area contributed by atoms with Crippen LogP contribution in [0.25, 0.3) is 0 Å². The Labute approximate surface area is 126 Å². The number of carbonyl (C=O) groups is 1. The molecule has 1 rings (SSSR count). The number of nitrogens with zero attached hydrogens (tertiary/aromatic N) is 1. The normalized spacial score (nSPS) is 29.0. The Kier molecular flexibility index (Phi) is 5.20. The minimum atomic E-state index is -1.43. The molecule has 0 N–H and O–H groups in total. The molecule has 0 heterocycles. The molecule has 0 aromatic heterocycles. The molecule has 0 radical (unpaired) electrons. The van der Waals surface area contributed by atoms with Crippen molar-refractivity contribution in [3.63, 3.8) is 0 Å². The molecule has 0 saturated heterocycles. The van der Waals surface area contributed by atoms with Gasteiger partial charge in [0.1, 0.15) is 16.5 Å². The molecule has 1 saturated carbocycles. The van der Waals surface area contributed by atoms with Gasteiger partial charge >= 0.3 is 0 Å². The molecule has 1 aliphatic carbocycles. The highest BCUT2D eigenvalue weighted by Gasteiger charge is 2.53. The summed E-state index contributed by atoms with van der Waals surface area (Å²) in [4.78, 5) is 12.2. The number of carbonyl (C=O) groups excluding carboxylic acids is 1. The van der Waals surface area contributed by atoms with Crippen molar-refractivity contribution < 1.29 is 4.79 Å². The van der Waals surface area contributed by atoms with Crippen LogP contribution in [0.1, 0.15) is 32.6 Å². The van der Waals surface area contributed by atoms with Crippen molar-refractivity contribution >= 4 is 34.2 Å². The first kappa shape index (κ1) is 17.5. The number of hydrogen-bond donors (Lipinski definition) is 1. The van der Waals surface area contributed by atoms with Crippen molar-refractivity contribution in [2.45, 2.75) is 77.9 Å². The molecule has 1 fully saturated rings. The summed E-state index contributed by atoms with van der Waals surface area (Å²) in [7, 11) is -2.86. The van der Waals surface area contributed by atoms with E-state index in [4.69, 9.17) is 0 Å². The Morgan fingerprint density at radius 1 is 1.21 bits per heavy atom. The van der Waals surface area contributed by atoms with E-state index < -0.39 is 16.5 Å². The molecule has 0 aromatic carbocycles. The Morgan fingerprint density at radius 3 is 2.00 bits per heavy atom. The van der Waals surface area contributed by atoms with Gasteiger partial charge in [0, 0.05) is 6.04 Å². The molecule has 2 nitrogen and oxygen atoms in total. The van der Waals surface area contributed by atoms with Crippen molar-refractivity contribution in [3.05, 3.63) is 0 Å². The Balaban J connectivity index is 3.26. The Hall–Kier alpha value is 0.414. The monoisotopic (exact) mass is 317 g/mol. The molecule has 19 heavy (non-hydrogen) atoms. The lowest BCUT2D eigenvalue weighted by atomic mass is 9.81. The fourth-order valence-corrected chi connectivity index (χ4v) is 15.3. The van der Waals surface area contributed by atoms with Gasteiger partial charge < -0.3 is 4.23 Å². The first-order chi connectivity index (χ1) is 8.47. The van der Waals surface area contributed by atoms with Crippen LogP contribution in [0, 0.1) is 5.41 Å². The van der Waals surface area contributed by atoms with Crippen LogP contribution in [-0.4, -0.2) is 31.9 Å². The van der Waals surface area contributed by atoms with Gasteiger partial charge in [-0.15, -0.1) is 12.6 Å². The lowest BCUT2D eigenvalue weighted by Gasteiger charge is -2.52. The van der Waals surface area contributed by atoms with Crippen LogP contribution in [0.3, 0.4) is 0 Å². The highest BCUT2D eigenvalue weighted by molar-refractivity contribution is 7.96. The maximum Gasteiger partial charge on any atom is 0.193 e. The zero-order chi connectivity index (χ0) is 15.1. The number of thiol groups is 1. The average Bonchev–Trinajstić information content (AvgIpc) is 2.57. The SMILES string of the molecule is CCC1(C(=O)S)CCCC1N([Si](C)(C)C)[Si](C)(C)C. The molecule has 0 aliphatic heterocycles. The first-order valence-electron chi connectivity index (χ1n) is 7.49. The third kappa shape index (κ3) is 3.36. The zero-order valence-electron chi connectivity index (χ0n) is 13.7. The summed E-state index contributed by atoms with van der Waals surface area (Å²) < 4.78 is 2.82. The maximum absolute atomic E-state index is 12.2. The van der Waals surface area contributed by atoms with Crippen LogP contribution >= 0.6 is 12.6 Å². The molecule has 0 aromatic rings. The van der Waals surface area contributed by atoms with Crippen LogP contribution in [0.15, 0.2) is 0 Å². The van der Waals surface area contributed by atoms with Crippen LogP contribution in [0.5, 0.6) is 0 Å². The molecule has 1 aliphatic rings. The van der Waals surface area contributed by atoms with Gasteiger partial charge in [-0.05, 0) is 19.3 Å². The molecule has 2 atom stereocenters. The summed E-state index contributed by atoms with van der Waals surface area (Å²) in [6.07, 6.45) is 4.32. The van der Waals surface area contributed by atoms with Gasteiger partial charge in [-0.1, -0.05) is 52.6 Å². The molecular formula is C14H31NOSSi2. The van der Waals surface area contributed by atoms with E-state index in [1.165, 1.54) is 12.8 Å². The van der Waals surface area contributed by atoms with Gasteiger partial charge in [0.2, 0.25) is 0 Å². The van der Waals surface area contributed by atoms with Gasteiger partial charge in [-0.3, -0.25) is 4.79 Å². The highest BCUT2D eigenvalue weighted by Crippen LogP contribution is 2.48. The van der Waals surface area contributed by atoms with E-state index in [0.717, 1.165) is 12.8 Å². The zero-order valence-corrected chi connectivity index (χ0v) is 16.6. The molecule has 2 unspecified atom stereocenters. The molecule has 0 spiro atoms. The van der Waals surface area contributed by atoms with Crippen molar-refractivity contribution in [2.24, 2.45) is 5.41 Å². The lowest BCUT2D eigenvalue weighted by molar-refractivity contribution is -0.121. The molecule has 112 valence electrons. The smallest absolute Gasteiger partial charge is 0.193 e. The number of hydrogen-bond acceptors (Lipinski definition) is 2. The lowest BCUT2D eigenvalue weighted by Crippen LogP contribution is -2.66. The molecular weight excluding hydrogens is 286 g/mol. The highest BCUT2D eigenvalue weighted by atomic mass is 32.1. The van der Waals surface area contributed by atoms with Crippen molar-refractivity contribution in [1.29, 1.82) is 0 Å². The second kappa shape index (κ2) is 5.66. The van der Waals surface area contributed by atoms with Gasteiger partial charge in [-0.2, -0.15) is 0 Å². The minimum Gasteiger partial charge on any atom is -0.342 e. The predicted octanol–water partition coefficient (Wildman–Crippen LogP) is 4.36. The van der Waals surface area contributed by atoms with E-state index in [9.17, 15) is 4.79 Å². The third-order valence-corrected chi connectivity index (χ3v) is 12.5. The molecule has 0 amide bonds. The summed E-state index contributed by atoms with van der Waals surface area (Å²) in [6, 6.07) is 0.431. The summed E-state index contributed by atoms with van der Waals surface area (Å²) in [6.45, 7) is 16.7. The molecule has 0 bridgehead atoms. The second-order valence-electron chi connectivity index (χ2n) is 7.93. The van der Waals surface area contributed by atoms with Crippen LogP contribution < -0.4 is 0 Å². The average molecular weight is 318 g/mol. The van der Waals surface area contributed by atoms with Gasteiger partial charge in [0.25, 0.3) is 0 Å². The fraction of sp³-hybridized carbons (Fsp3) is 0.929. The second-order valence-corrected chi connectivity index (χ2v) is 18.4. The summed E-state index contributed by atoms with van der Waals surface area (Å²) in [5.41, 5.74) is -0.191. The van der Waals surface area contributed by atoms with E-state index >= 15 is 0 Å². The van der Waals surface area contributed by atoms with E-state index in [1.54, 1.807) is 0 Å². The minimum absolute atomic E-state index is 0.124. The van der Waals surface area contributed by atoms with Crippen LogP contribution in [0.2, 0.25) is 39.3 Å². The van der Waals surface area contributed by atoms with Crippen LogP contribution in [0.4, 0.5) is 0 Å². The third-order valence-electron chi connectivity index (χ3n) is 4.55. The predicted molar refractivity (Wildman–Crippen MR) is 92.9 cm³/mol.